The first-order valence-corrected chi connectivity index (χ1v) is 13.1. The van der Waals surface area contributed by atoms with Gasteiger partial charge in [-0.3, -0.25) is 9.48 Å². The molecule has 1 saturated heterocycles. The van der Waals surface area contributed by atoms with Gasteiger partial charge in [-0.05, 0) is 43.2 Å². The number of halogens is 1. The minimum absolute atomic E-state index is 0.0560. The molecule has 1 amide bonds. The highest BCUT2D eigenvalue weighted by molar-refractivity contribution is 6.32. The Hall–Kier alpha value is -4.44. The summed E-state index contributed by atoms with van der Waals surface area (Å²) in [5.74, 6) is 0.773. The molecule has 2 N–H and O–H groups in total. The molecule has 11 heteroatoms. The zero-order chi connectivity index (χ0) is 27.1. The van der Waals surface area contributed by atoms with Crippen LogP contribution in [0.4, 0.5) is 5.82 Å². The third-order valence-corrected chi connectivity index (χ3v) is 7.45. The fraction of sp³-hybridized carbons (Fsp3) is 0.250. The average Bonchev–Trinajstić information content (AvgIpc) is 3.51. The highest BCUT2D eigenvalue weighted by Gasteiger charge is 2.28. The highest BCUT2D eigenvalue weighted by atomic mass is 35.5. The first-order valence-electron chi connectivity index (χ1n) is 12.7. The van der Waals surface area contributed by atoms with Gasteiger partial charge in [0.2, 0.25) is 5.91 Å². The first-order chi connectivity index (χ1) is 18.9. The van der Waals surface area contributed by atoms with E-state index in [-0.39, 0.29) is 18.6 Å². The number of benzene rings is 2. The number of aryl methyl sites for hydroxylation is 1. The van der Waals surface area contributed by atoms with Crippen molar-refractivity contribution in [1.82, 2.24) is 34.4 Å². The van der Waals surface area contributed by atoms with Gasteiger partial charge in [-0.15, -0.1) is 0 Å². The number of piperidine rings is 1. The maximum Gasteiger partial charge on any atom is 0.246 e. The number of rotatable bonds is 6. The number of hydrogen-bond donors (Lipinski definition) is 1. The van der Waals surface area contributed by atoms with Crippen molar-refractivity contribution in [2.24, 2.45) is 7.05 Å². The third-order valence-electron chi connectivity index (χ3n) is 7.15. The van der Waals surface area contributed by atoms with Crippen molar-refractivity contribution in [3.63, 3.8) is 0 Å². The number of nitrogen functional groups attached to an aromatic ring is 1. The van der Waals surface area contributed by atoms with E-state index in [0.29, 0.717) is 46.4 Å². The molecule has 6 rings (SSSR count). The lowest BCUT2D eigenvalue weighted by molar-refractivity contribution is -0.127. The Labute approximate surface area is 229 Å². The number of ether oxygens (including phenoxy) is 1. The van der Waals surface area contributed by atoms with Crippen LogP contribution < -0.4 is 10.5 Å². The van der Waals surface area contributed by atoms with E-state index < -0.39 is 0 Å². The van der Waals surface area contributed by atoms with Gasteiger partial charge >= 0.3 is 0 Å². The van der Waals surface area contributed by atoms with Crippen molar-refractivity contribution in [3.8, 4) is 17.0 Å². The second-order valence-corrected chi connectivity index (χ2v) is 9.96. The number of nitrogens with zero attached hydrogens (tertiary/aromatic N) is 7. The first kappa shape index (κ1) is 24.9. The molecule has 0 aliphatic carbocycles. The van der Waals surface area contributed by atoms with Crippen LogP contribution in [0.5, 0.6) is 5.75 Å². The van der Waals surface area contributed by atoms with E-state index in [0.717, 1.165) is 35.0 Å². The molecule has 1 atom stereocenters. The van der Waals surface area contributed by atoms with Crippen molar-refractivity contribution < 1.29 is 9.53 Å². The Morgan fingerprint density at radius 2 is 2.08 bits per heavy atom. The smallest absolute Gasteiger partial charge is 0.246 e. The lowest BCUT2D eigenvalue weighted by Gasteiger charge is -2.32. The zero-order valence-corrected chi connectivity index (χ0v) is 22.2. The summed E-state index contributed by atoms with van der Waals surface area (Å²) in [4.78, 5) is 22.8. The number of anilines is 1. The topological polar surface area (TPSA) is 117 Å². The number of carbonyl (C=O) groups is 1. The van der Waals surface area contributed by atoms with Crippen LogP contribution in [-0.2, 0) is 18.4 Å². The standard InChI is InChI=1S/C28H27ClN8O2/c1-3-24(38)36-12-6-7-18(14-36)37-28-25(27(30)31-16-32-28)26(34-37)17-10-11-23(20(29)13-17)39-15-21-19-8-4-5-9-22(19)35(2)33-21/h3-5,8-11,13,16,18H,1,6-7,12,14-15H2,2H3,(H2,30,31,32). The molecule has 198 valence electrons. The van der Waals surface area contributed by atoms with Gasteiger partial charge in [0.15, 0.2) is 5.65 Å². The van der Waals surface area contributed by atoms with Crippen molar-refractivity contribution in [2.75, 3.05) is 18.8 Å². The third kappa shape index (κ3) is 4.46. The zero-order valence-electron chi connectivity index (χ0n) is 21.4. The van der Waals surface area contributed by atoms with Crippen LogP contribution in [0.15, 0.2) is 61.4 Å². The monoisotopic (exact) mass is 542 g/mol. The summed E-state index contributed by atoms with van der Waals surface area (Å²) in [6, 6.07) is 13.5. The van der Waals surface area contributed by atoms with Gasteiger partial charge in [-0.2, -0.15) is 10.2 Å². The molecule has 4 heterocycles. The molecule has 1 aliphatic heterocycles. The number of aromatic nitrogens is 6. The number of para-hydroxylation sites is 1. The molecule has 3 aromatic heterocycles. The minimum atomic E-state index is -0.0911. The van der Waals surface area contributed by atoms with Gasteiger partial charge in [0.25, 0.3) is 0 Å². The predicted octanol–water partition coefficient (Wildman–Crippen LogP) is 4.54. The maximum atomic E-state index is 12.3. The number of carbonyl (C=O) groups excluding carboxylic acids is 1. The second kappa shape index (κ2) is 10.0. The Morgan fingerprint density at radius 1 is 1.23 bits per heavy atom. The lowest BCUT2D eigenvalue weighted by atomic mass is 10.1. The summed E-state index contributed by atoms with van der Waals surface area (Å²) in [6.07, 6.45) is 4.49. The molecular weight excluding hydrogens is 516 g/mol. The van der Waals surface area contributed by atoms with Gasteiger partial charge < -0.3 is 15.4 Å². The number of fused-ring (bicyclic) bond motifs is 2. The molecule has 5 aromatic rings. The van der Waals surface area contributed by atoms with Gasteiger partial charge in [0, 0.05) is 31.1 Å². The summed E-state index contributed by atoms with van der Waals surface area (Å²) in [5.41, 5.74) is 10.2. The molecule has 1 fully saturated rings. The van der Waals surface area contributed by atoms with Gasteiger partial charge in [0.05, 0.1) is 22.0 Å². The highest BCUT2D eigenvalue weighted by Crippen LogP contribution is 2.37. The summed E-state index contributed by atoms with van der Waals surface area (Å²) < 4.78 is 9.76. The molecule has 10 nitrogen and oxygen atoms in total. The molecule has 1 unspecified atom stereocenters. The van der Waals surface area contributed by atoms with E-state index in [1.165, 1.54) is 12.4 Å². The van der Waals surface area contributed by atoms with Gasteiger partial charge in [-0.1, -0.05) is 36.4 Å². The summed E-state index contributed by atoms with van der Waals surface area (Å²) in [7, 11) is 1.91. The van der Waals surface area contributed by atoms with Crippen LogP contribution in [0, 0.1) is 0 Å². The second-order valence-electron chi connectivity index (χ2n) is 9.56. The molecule has 0 bridgehead atoms. The normalized spacial score (nSPS) is 15.6. The van der Waals surface area contributed by atoms with E-state index in [9.17, 15) is 4.79 Å². The molecular formula is C28H27ClN8O2. The Kier molecular flexibility index (Phi) is 6.40. The van der Waals surface area contributed by atoms with Gasteiger partial charge in [0.1, 0.15) is 35.9 Å². The van der Waals surface area contributed by atoms with Crippen LogP contribution in [0.3, 0.4) is 0 Å². The van der Waals surface area contributed by atoms with Gasteiger partial charge in [-0.25, -0.2) is 14.6 Å². The quantitative estimate of drug-likeness (QED) is 0.313. The number of likely N-dealkylation sites (tertiary alicyclic amines) is 1. The SMILES string of the molecule is C=CC(=O)N1CCCC(n2nc(-c3ccc(OCc4nn(C)c5ccccc45)c(Cl)c3)c3c(N)ncnc32)C1. The van der Waals surface area contributed by atoms with Crippen LogP contribution >= 0.6 is 11.6 Å². The number of nitrogens with two attached hydrogens (primary N) is 1. The van der Waals surface area contributed by atoms with Crippen LogP contribution in [-0.4, -0.2) is 53.4 Å². The van der Waals surface area contributed by atoms with Crippen molar-refractivity contribution in [1.29, 1.82) is 0 Å². The van der Waals surface area contributed by atoms with E-state index in [1.54, 1.807) is 11.0 Å². The molecule has 0 radical (unpaired) electrons. The summed E-state index contributed by atoms with van der Waals surface area (Å²) in [6.45, 7) is 5.10. The molecule has 0 saturated carbocycles. The Balaban J connectivity index is 1.31. The molecule has 0 spiro atoms. The Morgan fingerprint density at radius 3 is 2.90 bits per heavy atom. The van der Waals surface area contributed by atoms with Crippen LogP contribution in [0.2, 0.25) is 5.02 Å². The van der Waals surface area contributed by atoms with E-state index >= 15 is 0 Å². The van der Waals surface area contributed by atoms with Crippen LogP contribution in [0.25, 0.3) is 33.2 Å². The van der Waals surface area contributed by atoms with Crippen molar-refractivity contribution in [3.05, 3.63) is 72.2 Å². The lowest BCUT2D eigenvalue weighted by Crippen LogP contribution is -2.40. The molecule has 1 aliphatic rings. The fourth-order valence-electron chi connectivity index (χ4n) is 5.24. The average molecular weight is 543 g/mol. The largest absolute Gasteiger partial charge is 0.486 e. The van der Waals surface area contributed by atoms with Crippen LogP contribution in [0.1, 0.15) is 24.6 Å². The minimum Gasteiger partial charge on any atom is -0.486 e. The molecule has 2 aromatic carbocycles. The number of amides is 1. The Bertz CT molecular complexity index is 1730. The summed E-state index contributed by atoms with van der Waals surface area (Å²) >= 11 is 6.68. The van der Waals surface area contributed by atoms with Crippen molar-refractivity contribution >= 4 is 45.3 Å². The maximum absolute atomic E-state index is 12.3. The van der Waals surface area contributed by atoms with E-state index in [2.05, 4.69) is 21.6 Å². The fourth-order valence-corrected chi connectivity index (χ4v) is 5.48. The van der Waals surface area contributed by atoms with E-state index in [4.69, 9.17) is 27.2 Å². The summed E-state index contributed by atoms with van der Waals surface area (Å²) in [5, 5.41) is 11.6. The van der Waals surface area contributed by atoms with E-state index in [1.807, 2.05) is 52.8 Å². The van der Waals surface area contributed by atoms with Crippen molar-refractivity contribution in [2.45, 2.75) is 25.5 Å². The predicted molar refractivity (Wildman–Crippen MR) is 150 cm³/mol. The number of hydrogen-bond acceptors (Lipinski definition) is 7. The molecule has 39 heavy (non-hydrogen) atoms.